The van der Waals surface area contributed by atoms with E-state index in [1.54, 1.807) is 68.4 Å². The van der Waals surface area contributed by atoms with Gasteiger partial charge in [0.15, 0.2) is 11.5 Å². The molecule has 2 N–H and O–H groups in total. The number of nitrogens with one attached hydrogen (secondary N) is 2. The summed E-state index contributed by atoms with van der Waals surface area (Å²) in [5.41, 5.74) is 2.97. The Morgan fingerprint density at radius 1 is 0.792 bits per heavy atom. The molecule has 0 saturated carbocycles. The van der Waals surface area contributed by atoms with Gasteiger partial charge in [-0.15, -0.1) is 0 Å². The van der Waals surface area contributed by atoms with Crippen LogP contribution in [0.1, 0.15) is 29.5 Å². The maximum Gasteiger partial charge on any atom is 0.339 e. The van der Waals surface area contributed by atoms with Crippen molar-refractivity contribution in [2.75, 3.05) is 42.2 Å². The Labute approximate surface area is 281 Å². The Balaban J connectivity index is 1.35. The van der Waals surface area contributed by atoms with Crippen molar-refractivity contribution in [1.82, 2.24) is 0 Å². The van der Waals surface area contributed by atoms with Crippen LogP contribution < -0.4 is 28.6 Å². The first-order chi connectivity index (χ1) is 22.9. The topological polar surface area (TPSA) is 140 Å². The highest BCUT2D eigenvalue weighted by molar-refractivity contribution is 7.93. The maximum atomic E-state index is 13.7. The first kappa shape index (κ1) is 34.3. The number of sulfonamides is 1. The lowest BCUT2D eigenvalue weighted by Crippen LogP contribution is -2.23. The summed E-state index contributed by atoms with van der Waals surface area (Å²) in [4.78, 5) is 15.1. The molecule has 5 rings (SSSR count). The normalized spacial score (nSPS) is 13.4. The number of anilines is 3. The van der Waals surface area contributed by atoms with Crippen LogP contribution in [0.3, 0.4) is 0 Å². The first-order valence-electron chi connectivity index (χ1n) is 15.1. The Kier molecular flexibility index (Phi) is 10.3. The number of nitrogens with zero attached hydrogens (tertiary/aromatic N) is 1. The fourth-order valence-corrected chi connectivity index (χ4v) is 7.89. The summed E-state index contributed by atoms with van der Waals surface area (Å²) in [5.74, 6) is 0.00859. The zero-order chi connectivity index (χ0) is 34.5. The third-order valence-corrected chi connectivity index (χ3v) is 10.5. The SMILES string of the molecule is COc1ccccc1NS(=O)(=O)c1cc(NC(=O)C=Cc2ccc(OS(=O)(=O)c3cc(C)ccc3C)c(OC)c2)ccc1N1CCCC1. The number of methoxy groups -OCH3 is 2. The van der Waals surface area contributed by atoms with Gasteiger partial charge in [-0.2, -0.15) is 8.42 Å². The summed E-state index contributed by atoms with van der Waals surface area (Å²) >= 11 is 0. The number of hydrogen-bond acceptors (Lipinski definition) is 9. The molecule has 1 aliphatic rings. The molecule has 252 valence electrons. The predicted molar refractivity (Wildman–Crippen MR) is 186 cm³/mol. The van der Waals surface area contributed by atoms with Gasteiger partial charge in [0.1, 0.15) is 15.5 Å². The van der Waals surface area contributed by atoms with Gasteiger partial charge in [0.25, 0.3) is 10.0 Å². The van der Waals surface area contributed by atoms with Gasteiger partial charge in [-0.25, -0.2) is 8.42 Å². The van der Waals surface area contributed by atoms with E-state index >= 15 is 0 Å². The van der Waals surface area contributed by atoms with Crippen LogP contribution in [0.5, 0.6) is 17.2 Å². The molecule has 0 unspecified atom stereocenters. The quantitative estimate of drug-likeness (QED) is 0.132. The molecular weight excluding hydrogens is 655 g/mol. The average Bonchev–Trinajstić information content (AvgIpc) is 3.60. The standard InChI is InChI=1S/C35H37N3O8S2/c1-24-11-12-25(2)33(21-24)48(42,43)46-31-17-13-26(22-32(31)45-4)14-18-35(39)36-27-15-16-29(38-19-7-8-20-38)34(23-27)47(40,41)37-28-9-5-6-10-30(28)44-3/h5-6,9-18,21-23,37H,7-8,19-20H2,1-4H3,(H,36,39). The molecule has 11 nitrogen and oxygen atoms in total. The van der Waals surface area contributed by atoms with Crippen molar-refractivity contribution in [3.05, 3.63) is 102 Å². The van der Waals surface area contributed by atoms with E-state index in [4.69, 9.17) is 13.7 Å². The first-order valence-corrected chi connectivity index (χ1v) is 18.0. The lowest BCUT2D eigenvalue weighted by molar-refractivity contribution is -0.111. The minimum absolute atomic E-state index is 0.00595. The minimum atomic E-state index is -4.14. The van der Waals surface area contributed by atoms with Gasteiger partial charge in [0.2, 0.25) is 5.91 Å². The van der Waals surface area contributed by atoms with Crippen LogP contribution in [0.25, 0.3) is 6.08 Å². The van der Waals surface area contributed by atoms with Crippen LogP contribution in [0.15, 0.2) is 94.7 Å². The lowest BCUT2D eigenvalue weighted by Gasteiger charge is -2.22. The summed E-state index contributed by atoms with van der Waals surface area (Å²) in [5, 5.41) is 2.73. The number of hydrogen-bond donors (Lipinski definition) is 2. The van der Waals surface area contributed by atoms with Crippen molar-refractivity contribution in [3.8, 4) is 17.2 Å². The number of aryl methyl sites for hydroxylation is 2. The van der Waals surface area contributed by atoms with E-state index in [2.05, 4.69) is 10.0 Å². The van der Waals surface area contributed by atoms with E-state index < -0.39 is 26.0 Å². The van der Waals surface area contributed by atoms with E-state index in [0.29, 0.717) is 28.3 Å². The Morgan fingerprint density at radius 2 is 1.52 bits per heavy atom. The summed E-state index contributed by atoms with van der Waals surface area (Å²) in [7, 11) is -5.38. The number of rotatable bonds is 12. The van der Waals surface area contributed by atoms with Crippen molar-refractivity contribution in [1.29, 1.82) is 0 Å². The molecule has 1 aliphatic heterocycles. The Morgan fingerprint density at radius 3 is 2.25 bits per heavy atom. The van der Waals surface area contributed by atoms with Gasteiger partial charge >= 0.3 is 10.1 Å². The van der Waals surface area contributed by atoms with E-state index in [1.807, 2.05) is 11.0 Å². The molecule has 0 spiro atoms. The highest BCUT2D eigenvalue weighted by Crippen LogP contribution is 2.35. The van der Waals surface area contributed by atoms with Crippen LogP contribution in [0, 0.1) is 13.8 Å². The predicted octanol–water partition coefficient (Wildman–Crippen LogP) is 6.14. The third-order valence-electron chi connectivity index (χ3n) is 7.74. The molecule has 48 heavy (non-hydrogen) atoms. The van der Waals surface area contributed by atoms with Gasteiger partial charge in [-0.05, 0) is 98.0 Å². The molecule has 1 fully saturated rings. The summed E-state index contributed by atoms with van der Waals surface area (Å²) in [6.07, 6.45) is 4.68. The maximum absolute atomic E-state index is 13.7. The molecule has 0 bridgehead atoms. The number of carbonyl (C=O) groups is 1. The van der Waals surface area contributed by atoms with Crippen molar-refractivity contribution in [3.63, 3.8) is 0 Å². The molecule has 0 radical (unpaired) electrons. The second kappa shape index (κ2) is 14.4. The minimum Gasteiger partial charge on any atom is -0.495 e. The van der Waals surface area contributed by atoms with Crippen molar-refractivity contribution >= 4 is 49.2 Å². The van der Waals surface area contributed by atoms with Gasteiger partial charge in [0, 0.05) is 24.9 Å². The van der Waals surface area contributed by atoms with E-state index in [9.17, 15) is 21.6 Å². The molecular formula is C35H37N3O8S2. The van der Waals surface area contributed by atoms with Crippen LogP contribution in [-0.4, -0.2) is 50.1 Å². The highest BCUT2D eigenvalue weighted by atomic mass is 32.2. The third kappa shape index (κ3) is 7.92. The van der Waals surface area contributed by atoms with Crippen molar-refractivity contribution in [2.24, 2.45) is 0 Å². The van der Waals surface area contributed by atoms with Crippen molar-refractivity contribution in [2.45, 2.75) is 36.5 Å². The number of para-hydroxylation sites is 2. The number of amides is 1. The van der Waals surface area contributed by atoms with Crippen LogP contribution >= 0.6 is 0 Å². The second-order valence-corrected chi connectivity index (χ2v) is 14.4. The highest BCUT2D eigenvalue weighted by Gasteiger charge is 2.26. The fraction of sp³-hybridized carbons (Fsp3) is 0.229. The van der Waals surface area contributed by atoms with Crippen molar-refractivity contribution < 1.29 is 35.3 Å². The molecule has 0 aliphatic carbocycles. The van der Waals surface area contributed by atoms with Crippen LogP contribution in [0.4, 0.5) is 17.1 Å². The molecule has 0 aromatic heterocycles. The summed E-state index contributed by atoms with van der Waals surface area (Å²) < 4.78 is 72.2. The second-order valence-electron chi connectivity index (χ2n) is 11.2. The Bertz CT molecular complexity index is 2070. The van der Waals surface area contributed by atoms with E-state index in [1.165, 1.54) is 44.6 Å². The van der Waals surface area contributed by atoms with E-state index in [-0.39, 0.29) is 27.0 Å². The average molecular weight is 692 g/mol. The monoisotopic (exact) mass is 691 g/mol. The lowest BCUT2D eigenvalue weighted by atomic mass is 10.2. The van der Waals surface area contributed by atoms with Gasteiger partial charge in [-0.3, -0.25) is 9.52 Å². The summed E-state index contributed by atoms with van der Waals surface area (Å²) in [6, 6.07) is 21.1. The van der Waals surface area contributed by atoms with Gasteiger partial charge < -0.3 is 23.9 Å². The molecule has 4 aromatic carbocycles. The molecule has 13 heteroatoms. The largest absolute Gasteiger partial charge is 0.495 e. The molecule has 1 saturated heterocycles. The van der Waals surface area contributed by atoms with Gasteiger partial charge in [-0.1, -0.05) is 30.3 Å². The molecule has 4 aromatic rings. The number of carbonyl (C=O) groups excluding carboxylic acids is 1. The zero-order valence-corrected chi connectivity index (χ0v) is 28.7. The van der Waals surface area contributed by atoms with Crippen LogP contribution in [0.2, 0.25) is 0 Å². The zero-order valence-electron chi connectivity index (χ0n) is 27.0. The fourth-order valence-electron chi connectivity index (χ4n) is 5.31. The number of ether oxygens (including phenoxy) is 2. The van der Waals surface area contributed by atoms with E-state index in [0.717, 1.165) is 31.5 Å². The molecule has 0 atom stereocenters. The Hall–Kier alpha value is -5.01. The summed E-state index contributed by atoms with van der Waals surface area (Å²) in [6.45, 7) is 4.92. The number of benzene rings is 4. The molecule has 1 amide bonds. The molecule has 1 heterocycles. The smallest absolute Gasteiger partial charge is 0.339 e. The van der Waals surface area contributed by atoms with Gasteiger partial charge in [0.05, 0.1) is 25.6 Å². The van der Waals surface area contributed by atoms with Crippen LogP contribution in [-0.2, 0) is 24.9 Å².